The summed E-state index contributed by atoms with van der Waals surface area (Å²) in [5.41, 5.74) is 0.898. The fourth-order valence-corrected chi connectivity index (χ4v) is 1.87. The Morgan fingerprint density at radius 2 is 1.82 bits per heavy atom. The highest BCUT2D eigenvalue weighted by Gasteiger charge is 2.15. The predicted molar refractivity (Wildman–Crippen MR) is 81.7 cm³/mol. The van der Waals surface area contributed by atoms with Crippen LogP contribution in [0.4, 0.5) is 5.69 Å². The van der Waals surface area contributed by atoms with Gasteiger partial charge in [0.25, 0.3) is 5.91 Å². The van der Waals surface area contributed by atoms with Crippen LogP contribution in [-0.2, 0) is 4.74 Å². The summed E-state index contributed by atoms with van der Waals surface area (Å²) in [4.78, 5) is 24.0. The number of carbonyl (C=O) groups excluding carboxylic acids is 2. The fourth-order valence-electron chi connectivity index (χ4n) is 1.74. The van der Waals surface area contributed by atoms with Crippen molar-refractivity contribution in [3.8, 4) is 6.07 Å². The summed E-state index contributed by atoms with van der Waals surface area (Å²) in [5.74, 6) is -1.05. The first-order valence-corrected chi connectivity index (χ1v) is 6.69. The van der Waals surface area contributed by atoms with Gasteiger partial charge in [-0.3, -0.25) is 4.79 Å². The Bertz CT molecular complexity index is 736. The van der Waals surface area contributed by atoms with E-state index in [-0.39, 0.29) is 18.1 Å². The van der Waals surface area contributed by atoms with Crippen LogP contribution >= 0.6 is 11.6 Å². The molecule has 0 aliphatic carbocycles. The summed E-state index contributed by atoms with van der Waals surface area (Å²) in [5, 5.41) is 11.6. The van der Waals surface area contributed by atoms with Crippen LogP contribution in [-0.4, -0.2) is 18.5 Å². The van der Waals surface area contributed by atoms with Crippen LogP contribution in [0, 0.1) is 11.3 Å². The van der Waals surface area contributed by atoms with Gasteiger partial charge in [-0.1, -0.05) is 23.7 Å². The summed E-state index contributed by atoms with van der Waals surface area (Å²) in [6, 6.07) is 14.5. The first-order valence-electron chi connectivity index (χ1n) is 6.32. The van der Waals surface area contributed by atoms with Crippen molar-refractivity contribution in [2.45, 2.75) is 0 Å². The number of anilines is 1. The largest absolute Gasteiger partial charge is 0.447 e. The number of hydrogen-bond acceptors (Lipinski definition) is 4. The molecule has 1 amide bonds. The molecule has 2 aromatic rings. The first kappa shape index (κ1) is 15.5. The maximum atomic E-state index is 12.2. The molecule has 0 heterocycles. The number of hydrogen-bond donors (Lipinski definition) is 1. The molecule has 0 bridgehead atoms. The Morgan fingerprint density at radius 1 is 1.14 bits per heavy atom. The van der Waals surface area contributed by atoms with Crippen LogP contribution in [0.3, 0.4) is 0 Å². The van der Waals surface area contributed by atoms with Crippen molar-refractivity contribution in [1.82, 2.24) is 0 Å². The maximum Gasteiger partial charge on any atom is 0.341 e. The van der Waals surface area contributed by atoms with Gasteiger partial charge in [0.2, 0.25) is 0 Å². The fraction of sp³-hybridized carbons (Fsp3) is 0.0625. The minimum atomic E-state index is -0.673. The molecule has 22 heavy (non-hydrogen) atoms. The zero-order valence-corrected chi connectivity index (χ0v) is 12.1. The van der Waals surface area contributed by atoms with Gasteiger partial charge < -0.3 is 10.1 Å². The Labute approximate surface area is 132 Å². The minimum Gasteiger partial charge on any atom is -0.447 e. The van der Waals surface area contributed by atoms with Gasteiger partial charge >= 0.3 is 5.97 Å². The molecular formula is C16H11ClN2O3. The van der Waals surface area contributed by atoms with E-state index < -0.39 is 5.97 Å². The van der Waals surface area contributed by atoms with E-state index in [1.807, 2.05) is 0 Å². The maximum absolute atomic E-state index is 12.2. The van der Waals surface area contributed by atoms with Gasteiger partial charge in [0.15, 0.2) is 6.61 Å². The number of esters is 1. The number of benzene rings is 2. The lowest BCUT2D eigenvalue weighted by atomic mass is 10.1. The van der Waals surface area contributed by atoms with Crippen molar-refractivity contribution in [3.63, 3.8) is 0 Å². The molecule has 6 heteroatoms. The number of ether oxygens (including phenoxy) is 1. The molecule has 5 nitrogen and oxygen atoms in total. The van der Waals surface area contributed by atoms with Crippen LogP contribution in [0.2, 0.25) is 5.02 Å². The molecule has 0 fully saturated rings. The summed E-state index contributed by atoms with van der Waals surface area (Å²) in [6.45, 7) is -0.349. The highest BCUT2D eigenvalue weighted by Crippen LogP contribution is 2.18. The van der Waals surface area contributed by atoms with E-state index >= 15 is 0 Å². The zero-order valence-electron chi connectivity index (χ0n) is 11.4. The number of halogens is 1. The molecule has 0 unspecified atom stereocenters. The van der Waals surface area contributed by atoms with Crippen molar-refractivity contribution < 1.29 is 14.3 Å². The average Bonchev–Trinajstić information content (AvgIpc) is 2.53. The van der Waals surface area contributed by atoms with E-state index in [0.717, 1.165) is 0 Å². The number of rotatable bonds is 4. The SMILES string of the molecule is N#CCOC(=O)c1ccccc1NC(=O)c1ccc(Cl)cc1. The molecule has 2 rings (SSSR count). The smallest absolute Gasteiger partial charge is 0.341 e. The van der Waals surface area contributed by atoms with Gasteiger partial charge in [-0.05, 0) is 36.4 Å². The summed E-state index contributed by atoms with van der Waals surface area (Å²) in [7, 11) is 0. The molecule has 0 atom stereocenters. The normalized spacial score (nSPS) is 9.64. The quantitative estimate of drug-likeness (QED) is 0.878. The first-order chi connectivity index (χ1) is 10.6. The van der Waals surface area contributed by atoms with Gasteiger partial charge in [0.1, 0.15) is 6.07 Å². The van der Waals surface area contributed by atoms with Gasteiger partial charge in [0, 0.05) is 10.6 Å². The molecule has 0 aromatic heterocycles. The predicted octanol–water partition coefficient (Wildman–Crippen LogP) is 3.27. The molecule has 110 valence electrons. The lowest BCUT2D eigenvalue weighted by Crippen LogP contribution is -2.15. The average molecular weight is 315 g/mol. The van der Waals surface area contributed by atoms with Crippen molar-refractivity contribution in [3.05, 3.63) is 64.7 Å². The molecular weight excluding hydrogens is 304 g/mol. The van der Waals surface area contributed by atoms with E-state index in [9.17, 15) is 9.59 Å². The van der Waals surface area contributed by atoms with Crippen LogP contribution in [0.15, 0.2) is 48.5 Å². The van der Waals surface area contributed by atoms with Crippen LogP contribution in [0.1, 0.15) is 20.7 Å². The Kier molecular flexibility index (Phi) is 5.12. The number of nitrogens with zero attached hydrogens (tertiary/aromatic N) is 1. The second kappa shape index (κ2) is 7.25. The summed E-state index contributed by atoms with van der Waals surface area (Å²) < 4.78 is 4.75. The van der Waals surface area contributed by atoms with E-state index in [0.29, 0.717) is 16.3 Å². The van der Waals surface area contributed by atoms with Crippen molar-refractivity contribution in [2.75, 3.05) is 11.9 Å². The lowest BCUT2D eigenvalue weighted by Gasteiger charge is -2.10. The summed E-state index contributed by atoms with van der Waals surface area (Å²) in [6.07, 6.45) is 0. The highest BCUT2D eigenvalue weighted by atomic mass is 35.5. The topological polar surface area (TPSA) is 79.2 Å². The van der Waals surface area contributed by atoms with Crippen molar-refractivity contribution in [1.29, 1.82) is 5.26 Å². The molecule has 0 saturated carbocycles. The summed E-state index contributed by atoms with van der Waals surface area (Å²) >= 11 is 5.77. The number of amides is 1. The molecule has 0 radical (unpaired) electrons. The van der Waals surface area contributed by atoms with Crippen LogP contribution < -0.4 is 5.32 Å². The number of carbonyl (C=O) groups is 2. The third-order valence-corrected chi connectivity index (χ3v) is 3.02. The molecule has 0 spiro atoms. The molecule has 1 N–H and O–H groups in total. The van der Waals surface area contributed by atoms with E-state index in [1.54, 1.807) is 48.5 Å². The zero-order chi connectivity index (χ0) is 15.9. The van der Waals surface area contributed by atoms with Gasteiger partial charge in [-0.15, -0.1) is 0 Å². The second-order valence-corrected chi connectivity index (χ2v) is 4.68. The van der Waals surface area contributed by atoms with Crippen LogP contribution in [0.5, 0.6) is 0 Å². The third kappa shape index (κ3) is 3.84. The Balaban J connectivity index is 2.19. The van der Waals surface area contributed by atoms with Gasteiger partial charge in [-0.25, -0.2) is 4.79 Å². The number of para-hydroxylation sites is 1. The van der Waals surface area contributed by atoms with Crippen molar-refractivity contribution >= 4 is 29.2 Å². The molecule has 0 saturated heterocycles. The second-order valence-electron chi connectivity index (χ2n) is 4.24. The molecule has 0 aliphatic rings. The van der Waals surface area contributed by atoms with E-state index in [2.05, 4.69) is 5.32 Å². The third-order valence-electron chi connectivity index (χ3n) is 2.77. The monoisotopic (exact) mass is 314 g/mol. The molecule has 0 aliphatic heterocycles. The Morgan fingerprint density at radius 3 is 2.50 bits per heavy atom. The Hall–Kier alpha value is -2.84. The number of nitriles is 1. The van der Waals surface area contributed by atoms with E-state index in [4.69, 9.17) is 21.6 Å². The van der Waals surface area contributed by atoms with Gasteiger partial charge in [0.05, 0.1) is 11.3 Å². The number of nitrogens with one attached hydrogen (secondary N) is 1. The highest BCUT2D eigenvalue weighted by molar-refractivity contribution is 6.30. The van der Waals surface area contributed by atoms with Gasteiger partial charge in [-0.2, -0.15) is 5.26 Å². The standard InChI is InChI=1S/C16H11ClN2O3/c17-12-7-5-11(6-8-12)15(20)19-14-4-2-1-3-13(14)16(21)22-10-9-18/h1-8H,10H2,(H,19,20). The van der Waals surface area contributed by atoms with Crippen molar-refractivity contribution in [2.24, 2.45) is 0 Å². The lowest BCUT2D eigenvalue weighted by molar-refractivity contribution is 0.0556. The van der Waals surface area contributed by atoms with Crippen LogP contribution in [0.25, 0.3) is 0 Å². The van der Waals surface area contributed by atoms with E-state index in [1.165, 1.54) is 6.07 Å². The molecule has 2 aromatic carbocycles. The minimum absolute atomic E-state index is 0.181.